The van der Waals surface area contributed by atoms with Crippen molar-refractivity contribution < 1.29 is 18.8 Å². The van der Waals surface area contributed by atoms with E-state index in [1.807, 2.05) is 0 Å². The van der Waals surface area contributed by atoms with Crippen molar-refractivity contribution in [1.82, 2.24) is 5.32 Å². The predicted molar refractivity (Wildman–Crippen MR) is 81.1 cm³/mol. The minimum Gasteiger partial charge on any atom is -0.461 e. The summed E-state index contributed by atoms with van der Waals surface area (Å²) in [7, 11) is 0. The second kappa shape index (κ2) is 6.91. The fraction of sp³-hybridized carbons (Fsp3) is 0.133. The van der Waals surface area contributed by atoms with Crippen molar-refractivity contribution >= 4 is 34.9 Å². The number of nitrogens with one attached hydrogen (secondary N) is 2. The molecule has 1 aromatic carbocycles. The average Bonchev–Trinajstić information content (AvgIpc) is 3.00. The molecule has 1 heterocycles. The third kappa shape index (κ3) is 3.95. The number of anilines is 1. The summed E-state index contributed by atoms with van der Waals surface area (Å²) in [6.07, 6.45) is 1.38. The number of amides is 2. The van der Waals surface area contributed by atoms with E-state index >= 15 is 0 Å². The predicted octanol–water partition coefficient (Wildman–Crippen LogP) is 2.50. The summed E-state index contributed by atoms with van der Waals surface area (Å²) in [5.41, 5.74) is 0.611. The van der Waals surface area contributed by atoms with E-state index in [0.29, 0.717) is 5.69 Å². The van der Waals surface area contributed by atoms with E-state index in [9.17, 15) is 14.4 Å². The summed E-state index contributed by atoms with van der Waals surface area (Å²) in [5, 5.41) is 5.24. The zero-order valence-corrected chi connectivity index (χ0v) is 12.4. The average molecular weight is 321 g/mol. The number of carbonyl (C=O) groups is 3. The number of furan rings is 1. The summed E-state index contributed by atoms with van der Waals surface area (Å²) in [4.78, 5) is 34.9. The molecule has 0 fully saturated rings. The molecule has 2 amide bonds. The van der Waals surface area contributed by atoms with Crippen LogP contribution in [0, 0.1) is 0 Å². The highest BCUT2D eigenvalue weighted by atomic mass is 35.5. The Balaban J connectivity index is 2.05. The quantitative estimate of drug-likeness (QED) is 0.828. The van der Waals surface area contributed by atoms with Gasteiger partial charge in [0, 0.05) is 12.6 Å². The molecule has 1 aromatic heterocycles. The maximum Gasteiger partial charge on any atom is 0.253 e. The van der Waals surface area contributed by atoms with E-state index in [1.165, 1.54) is 31.4 Å². The van der Waals surface area contributed by atoms with Gasteiger partial charge in [0.2, 0.25) is 11.7 Å². The number of ketones is 1. The normalized spacial score (nSPS) is 10.1. The van der Waals surface area contributed by atoms with Gasteiger partial charge in [-0.2, -0.15) is 0 Å². The Labute approximate surface area is 131 Å². The van der Waals surface area contributed by atoms with Gasteiger partial charge in [-0.3, -0.25) is 14.4 Å². The first-order valence-corrected chi connectivity index (χ1v) is 6.77. The van der Waals surface area contributed by atoms with Gasteiger partial charge in [0.1, 0.15) is 0 Å². The van der Waals surface area contributed by atoms with E-state index in [-0.39, 0.29) is 34.6 Å². The molecule has 0 saturated heterocycles. The highest BCUT2D eigenvalue weighted by Crippen LogP contribution is 2.20. The Kier molecular flexibility index (Phi) is 4.95. The van der Waals surface area contributed by atoms with E-state index in [2.05, 4.69) is 10.6 Å². The highest BCUT2D eigenvalue weighted by molar-refractivity contribution is 6.34. The van der Waals surface area contributed by atoms with Gasteiger partial charge >= 0.3 is 0 Å². The largest absolute Gasteiger partial charge is 0.461 e. The van der Waals surface area contributed by atoms with Crippen LogP contribution in [0.1, 0.15) is 27.8 Å². The van der Waals surface area contributed by atoms with Crippen molar-refractivity contribution in [3.8, 4) is 0 Å². The van der Waals surface area contributed by atoms with Crippen LogP contribution in [0.4, 0.5) is 5.69 Å². The molecule has 2 aromatic rings. The van der Waals surface area contributed by atoms with Gasteiger partial charge < -0.3 is 15.1 Å². The number of carbonyl (C=O) groups excluding carboxylic acids is 3. The van der Waals surface area contributed by atoms with Gasteiger partial charge in [-0.25, -0.2) is 0 Å². The van der Waals surface area contributed by atoms with Crippen molar-refractivity contribution in [3.63, 3.8) is 0 Å². The van der Waals surface area contributed by atoms with Crippen LogP contribution in [0.3, 0.4) is 0 Å². The van der Waals surface area contributed by atoms with Crippen LogP contribution in [0.15, 0.2) is 41.0 Å². The molecule has 7 heteroatoms. The molecule has 0 atom stereocenters. The van der Waals surface area contributed by atoms with Crippen molar-refractivity contribution in [1.29, 1.82) is 0 Å². The molecule has 0 bridgehead atoms. The van der Waals surface area contributed by atoms with E-state index in [4.69, 9.17) is 16.0 Å². The first-order chi connectivity index (χ1) is 10.5. The van der Waals surface area contributed by atoms with Gasteiger partial charge in [-0.1, -0.05) is 11.6 Å². The molecule has 0 saturated carbocycles. The molecule has 0 unspecified atom stereocenters. The maximum atomic E-state index is 12.1. The zero-order chi connectivity index (χ0) is 16.1. The molecule has 6 nitrogen and oxygen atoms in total. The monoisotopic (exact) mass is 320 g/mol. The molecular formula is C15H13ClN2O4. The van der Waals surface area contributed by atoms with Gasteiger partial charge in [0.15, 0.2) is 5.76 Å². The molecule has 2 N–H and O–H groups in total. The second-order valence-corrected chi connectivity index (χ2v) is 4.87. The van der Waals surface area contributed by atoms with Crippen LogP contribution >= 0.6 is 11.6 Å². The molecule has 0 radical (unpaired) electrons. The Morgan fingerprint density at radius 1 is 1.23 bits per heavy atom. The second-order valence-electron chi connectivity index (χ2n) is 4.46. The third-order valence-electron chi connectivity index (χ3n) is 2.74. The topological polar surface area (TPSA) is 88.4 Å². The first kappa shape index (κ1) is 15.8. The van der Waals surface area contributed by atoms with Crippen molar-refractivity contribution in [3.05, 3.63) is 52.9 Å². The molecule has 0 spiro atoms. The van der Waals surface area contributed by atoms with Crippen LogP contribution in [0.2, 0.25) is 5.02 Å². The first-order valence-electron chi connectivity index (χ1n) is 6.39. The molecule has 2 rings (SSSR count). The number of hydrogen-bond acceptors (Lipinski definition) is 4. The van der Waals surface area contributed by atoms with Crippen molar-refractivity contribution in [2.75, 3.05) is 11.9 Å². The SMILES string of the molecule is CC(=O)Nc1ccc(Cl)c(C(=O)NCC(=O)c2ccco2)c1. The van der Waals surface area contributed by atoms with E-state index in [0.717, 1.165) is 0 Å². The highest BCUT2D eigenvalue weighted by Gasteiger charge is 2.15. The van der Waals surface area contributed by atoms with Crippen LogP contribution in [-0.2, 0) is 4.79 Å². The fourth-order valence-corrected chi connectivity index (χ4v) is 1.96. The van der Waals surface area contributed by atoms with E-state index < -0.39 is 5.91 Å². The summed E-state index contributed by atoms with van der Waals surface area (Å²) in [6.45, 7) is 1.14. The molecule has 22 heavy (non-hydrogen) atoms. The van der Waals surface area contributed by atoms with Gasteiger partial charge in [-0.15, -0.1) is 0 Å². The standard InChI is InChI=1S/C15H13ClN2O4/c1-9(19)18-10-4-5-12(16)11(7-10)15(21)17-8-13(20)14-3-2-6-22-14/h2-7H,8H2,1H3,(H,17,21)(H,18,19). The van der Waals surface area contributed by atoms with Crippen LogP contribution < -0.4 is 10.6 Å². The Hall–Kier alpha value is -2.60. The summed E-state index contributed by atoms with van der Waals surface area (Å²) in [5.74, 6) is -0.968. The summed E-state index contributed by atoms with van der Waals surface area (Å²) >= 11 is 5.97. The van der Waals surface area contributed by atoms with Gasteiger partial charge in [0.25, 0.3) is 5.91 Å². The van der Waals surface area contributed by atoms with Crippen LogP contribution in [0.5, 0.6) is 0 Å². The third-order valence-corrected chi connectivity index (χ3v) is 3.07. The number of benzene rings is 1. The van der Waals surface area contributed by atoms with Crippen LogP contribution in [-0.4, -0.2) is 24.1 Å². The summed E-state index contributed by atoms with van der Waals surface area (Å²) < 4.78 is 4.95. The fourth-order valence-electron chi connectivity index (χ4n) is 1.76. The number of Topliss-reactive ketones (excluding diaryl/α,β-unsaturated/α-hetero) is 1. The Morgan fingerprint density at radius 3 is 2.64 bits per heavy atom. The lowest BCUT2D eigenvalue weighted by Crippen LogP contribution is -2.29. The lowest BCUT2D eigenvalue weighted by Gasteiger charge is -2.08. The minimum absolute atomic E-state index is 0.165. The lowest BCUT2D eigenvalue weighted by atomic mass is 10.1. The zero-order valence-electron chi connectivity index (χ0n) is 11.7. The number of rotatable bonds is 5. The molecule has 0 aliphatic rings. The smallest absolute Gasteiger partial charge is 0.253 e. The molecular weight excluding hydrogens is 308 g/mol. The van der Waals surface area contributed by atoms with Gasteiger partial charge in [0.05, 0.1) is 23.4 Å². The molecule has 0 aliphatic carbocycles. The number of hydrogen-bond donors (Lipinski definition) is 2. The van der Waals surface area contributed by atoms with Gasteiger partial charge in [-0.05, 0) is 30.3 Å². The maximum absolute atomic E-state index is 12.1. The molecule has 114 valence electrons. The minimum atomic E-state index is -0.517. The molecule has 0 aliphatic heterocycles. The summed E-state index contributed by atoms with van der Waals surface area (Å²) in [6, 6.07) is 7.61. The Morgan fingerprint density at radius 2 is 2.00 bits per heavy atom. The van der Waals surface area contributed by atoms with Crippen molar-refractivity contribution in [2.24, 2.45) is 0 Å². The number of halogens is 1. The van der Waals surface area contributed by atoms with Crippen LogP contribution in [0.25, 0.3) is 0 Å². The lowest BCUT2D eigenvalue weighted by molar-refractivity contribution is -0.114. The van der Waals surface area contributed by atoms with Crippen molar-refractivity contribution in [2.45, 2.75) is 6.92 Å². The van der Waals surface area contributed by atoms with E-state index in [1.54, 1.807) is 12.1 Å². The Bertz CT molecular complexity index is 710.